The van der Waals surface area contributed by atoms with Crippen molar-refractivity contribution in [2.24, 2.45) is 56.7 Å². The largest absolute Gasteiger partial charge is 0.393 e. The van der Waals surface area contributed by atoms with Crippen molar-refractivity contribution in [1.82, 2.24) is 0 Å². The molecule has 0 unspecified atom stereocenters. The number of hydrogen-bond acceptors (Lipinski definition) is 1. The molecule has 0 bridgehead atoms. The van der Waals surface area contributed by atoms with Crippen LogP contribution < -0.4 is 0 Å². The van der Waals surface area contributed by atoms with E-state index in [9.17, 15) is 5.11 Å². The minimum absolute atomic E-state index is 0.0598. The second-order valence-electron chi connectivity index (χ2n) is 14.7. The molecule has 5 rings (SSSR count). The molecule has 0 heterocycles. The van der Waals surface area contributed by atoms with Crippen molar-refractivity contribution in [3.8, 4) is 0 Å². The highest BCUT2D eigenvalue weighted by molar-refractivity contribution is 5.24. The molecule has 0 amide bonds. The first-order valence-electron chi connectivity index (χ1n) is 13.7. The molecule has 0 radical (unpaired) electrons. The van der Waals surface area contributed by atoms with E-state index in [0.29, 0.717) is 33.5 Å². The Labute approximate surface area is 192 Å². The molecule has 0 aromatic rings. The summed E-state index contributed by atoms with van der Waals surface area (Å²) in [4.78, 5) is 0. The van der Waals surface area contributed by atoms with Gasteiger partial charge < -0.3 is 5.11 Å². The first-order valence-corrected chi connectivity index (χ1v) is 13.7. The van der Waals surface area contributed by atoms with E-state index >= 15 is 0 Å². The second kappa shape index (κ2) is 6.64. The molecule has 5 aliphatic carbocycles. The molecule has 0 aromatic heterocycles. The molecule has 0 spiro atoms. The summed E-state index contributed by atoms with van der Waals surface area (Å²) in [5.74, 6) is 3.75. The minimum Gasteiger partial charge on any atom is -0.393 e. The SMILES string of the molecule is C=C1[C@H](C)CC[C@]2(C)CC[C@]3(C)[C@H](CC[C@@H]4[C@@]5(C)CC[C@H](O)C(C)(C)[C@@H]5CC[C@]43C)[C@@H]12. The molecule has 176 valence electrons. The standard InChI is InChI=1S/C30H50O/c1-19-11-14-27(5)17-18-29(7)21(25(27)20(19)2)9-10-23-28(6)15-13-24(31)26(3,4)22(28)12-16-30(23,29)8/h19,21-25,31H,2,9-18H2,1,3-8H3/t19-,21-,22+,23-,24+,25-,27-,28+,29-,30-/m1/s1. The average molecular weight is 427 g/mol. The van der Waals surface area contributed by atoms with Crippen LogP contribution in [0.4, 0.5) is 0 Å². The van der Waals surface area contributed by atoms with E-state index in [0.717, 1.165) is 24.2 Å². The first kappa shape index (κ1) is 22.5. The van der Waals surface area contributed by atoms with Gasteiger partial charge in [-0.25, -0.2) is 0 Å². The molecule has 10 atom stereocenters. The van der Waals surface area contributed by atoms with Gasteiger partial charge in [-0.2, -0.15) is 0 Å². The molecular formula is C30H50O. The van der Waals surface area contributed by atoms with Gasteiger partial charge in [0.2, 0.25) is 0 Å². The second-order valence-corrected chi connectivity index (χ2v) is 14.7. The molecule has 5 saturated carbocycles. The molecular weight excluding hydrogens is 376 g/mol. The lowest BCUT2D eigenvalue weighted by Gasteiger charge is -2.73. The summed E-state index contributed by atoms with van der Waals surface area (Å²) < 4.78 is 0. The van der Waals surface area contributed by atoms with E-state index in [-0.39, 0.29) is 11.5 Å². The van der Waals surface area contributed by atoms with E-state index in [1.807, 2.05) is 0 Å². The third-order valence-corrected chi connectivity index (χ3v) is 13.5. The molecule has 0 saturated heterocycles. The number of allylic oxidation sites excluding steroid dienone is 1. The van der Waals surface area contributed by atoms with Gasteiger partial charge in [-0.05, 0) is 121 Å². The van der Waals surface area contributed by atoms with Gasteiger partial charge >= 0.3 is 0 Å². The highest BCUT2D eigenvalue weighted by Crippen LogP contribution is 2.76. The van der Waals surface area contributed by atoms with Crippen LogP contribution in [0.2, 0.25) is 0 Å². The van der Waals surface area contributed by atoms with Crippen LogP contribution in [0.25, 0.3) is 0 Å². The van der Waals surface area contributed by atoms with E-state index in [1.54, 1.807) is 5.57 Å². The van der Waals surface area contributed by atoms with Crippen molar-refractivity contribution in [1.29, 1.82) is 0 Å². The maximum atomic E-state index is 10.9. The Morgan fingerprint density at radius 1 is 0.742 bits per heavy atom. The Morgan fingerprint density at radius 3 is 2.16 bits per heavy atom. The summed E-state index contributed by atoms with van der Waals surface area (Å²) >= 11 is 0. The van der Waals surface area contributed by atoms with Gasteiger partial charge in [-0.3, -0.25) is 0 Å². The third kappa shape index (κ3) is 2.65. The number of rotatable bonds is 0. The van der Waals surface area contributed by atoms with Crippen molar-refractivity contribution in [3.63, 3.8) is 0 Å². The smallest absolute Gasteiger partial charge is 0.0594 e. The number of aliphatic hydroxyl groups is 1. The Balaban J connectivity index is 1.54. The summed E-state index contributed by atoms with van der Waals surface area (Å²) in [6, 6.07) is 0. The van der Waals surface area contributed by atoms with Crippen LogP contribution in [0.5, 0.6) is 0 Å². The van der Waals surface area contributed by atoms with E-state index < -0.39 is 0 Å². The maximum Gasteiger partial charge on any atom is 0.0594 e. The van der Waals surface area contributed by atoms with Gasteiger partial charge in [0.05, 0.1) is 6.10 Å². The highest BCUT2D eigenvalue weighted by Gasteiger charge is 2.69. The van der Waals surface area contributed by atoms with Crippen molar-refractivity contribution >= 4 is 0 Å². The van der Waals surface area contributed by atoms with Crippen LogP contribution in [0.15, 0.2) is 12.2 Å². The average Bonchev–Trinajstić information content (AvgIpc) is 2.69. The van der Waals surface area contributed by atoms with Crippen molar-refractivity contribution < 1.29 is 5.11 Å². The van der Waals surface area contributed by atoms with E-state index in [1.165, 1.54) is 57.8 Å². The lowest BCUT2D eigenvalue weighted by atomic mass is 9.31. The van der Waals surface area contributed by atoms with Crippen molar-refractivity contribution in [3.05, 3.63) is 12.2 Å². The fourth-order valence-corrected chi connectivity index (χ4v) is 11.2. The van der Waals surface area contributed by atoms with Crippen LogP contribution in [-0.2, 0) is 0 Å². The van der Waals surface area contributed by atoms with Crippen LogP contribution >= 0.6 is 0 Å². The number of hydrogen-bond donors (Lipinski definition) is 1. The lowest BCUT2D eigenvalue weighted by molar-refractivity contribution is -0.246. The molecule has 5 aliphatic rings. The topological polar surface area (TPSA) is 20.2 Å². The summed E-state index contributed by atoms with van der Waals surface area (Å²) in [5, 5.41) is 10.9. The normalized spacial score (nSPS) is 58.5. The molecule has 1 heteroatoms. The summed E-state index contributed by atoms with van der Waals surface area (Å²) in [6.45, 7) is 22.6. The van der Waals surface area contributed by atoms with Gasteiger partial charge in [-0.15, -0.1) is 0 Å². The molecule has 1 nitrogen and oxygen atoms in total. The maximum absolute atomic E-state index is 10.9. The number of aliphatic hydroxyl groups excluding tert-OH is 1. The van der Waals surface area contributed by atoms with E-state index in [2.05, 4.69) is 48.5 Å². The Hall–Kier alpha value is -0.300. The third-order valence-electron chi connectivity index (χ3n) is 13.5. The molecule has 5 fully saturated rings. The van der Waals surface area contributed by atoms with Gasteiger partial charge in [0, 0.05) is 0 Å². The Bertz CT molecular complexity index is 766. The predicted octanol–water partition coefficient (Wildman–Crippen LogP) is 8.02. The zero-order valence-corrected chi connectivity index (χ0v) is 21.7. The predicted molar refractivity (Wildman–Crippen MR) is 131 cm³/mol. The molecule has 1 N–H and O–H groups in total. The zero-order chi connectivity index (χ0) is 22.6. The molecule has 0 aromatic carbocycles. The fourth-order valence-electron chi connectivity index (χ4n) is 11.2. The zero-order valence-electron chi connectivity index (χ0n) is 21.7. The minimum atomic E-state index is -0.121. The summed E-state index contributed by atoms with van der Waals surface area (Å²) in [7, 11) is 0. The number of fused-ring (bicyclic) bond motifs is 7. The van der Waals surface area contributed by atoms with Crippen LogP contribution in [0.1, 0.15) is 113 Å². The van der Waals surface area contributed by atoms with Crippen LogP contribution in [-0.4, -0.2) is 11.2 Å². The van der Waals surface area contributed by atoms with Gasteiger partial charge in [-0.1, -0.05) is 60.6 Å². The van der Waals surface area contributed by atoms with Gasteiger partial charge in [0.15, 0.2) is 0 Å². The highest BCUT2D eigenvalue weighted by atomic mass is 16.3. The van der Waals surface area contributed by atoms with Gasteiger partial charge in [0.25, 0.3) is 0 Å². The van der Waals surface area contributed by atoms with E-state index in [4.69, 9.17) is 6.58 Å². The van der Waals surface area contributed by atoms with Crippen LogP contribution in [0.3, 0.4) is 0 Å². The molecule has 31 heavy (non-hydrogen) atoms. The summed E-state index contributed by atoms with van der Waals surface area (Å²) in [6.07, 6.45) is 13.2. The molecule has 0 aliphatic heterocycles. The Morgan fingerprint density at radius 2 is 1.45 bits per heavy atom. The summed E-state index contributed by atoms with van der Waals surface area (Å²) in [5.41, 5.74) is 3.42. The van der Waals surface area contributed by atoms with Crippen LogP contribution in [0, 0.1) is 56.7 Å². The fraction of sp³-hybridized carbons (Fsp3) is 0.933. The first-order chi connectivity index (χ1) is 14.3. The van der Waals surface area contributed by atoms with Gasteiger partial charge in [0.1, 0.15) is 0 Å². The Kier molecular flexibility index (Phi) is 4.82. The lowest BCUT2D eigenvalue weighted by Crippen LogP contribution is -2.66. The van der Waals surface area contributed by atoms with Crippen molar-refractivity contribution in [2.45, 2.75) is 119 Å². The quantitative estimate of drug-likeness (QED) is 0.389. The monoisotopic (exact) mass is 426 g/mol. The van der Waals surface area contributed by atoms with Crippen molar-refractivity contribution in [2.75, 3.05) is 0 Å².